The largest absolute Gasteiger partial charge is 0.489 e. The molecular weight excluding hydrogens is 498 g/mol. The van der Waals surface area contributed by atoms with E-state index in [1.54, 1.807) is 42.5 Å². The van der Waals surface area contributed by atoms with Crippen LogP contribution in [0.2, 0.25) is 0 Å². The summed E-state index contributed by atoms with van der Waals surface area (Å²) >= 11 is 0. The average molecular weight is 534 g/mol. The highest BCUT2D eigenvalue weighted by Crippen LogP contribution is 2.34. The molecule has 0 bridgehead atoms. The van der Waals surface area contributed by atoms with E-state index in [-0.39, 0.29) is 43.3 Å². The zero-order chi connectivity index (χ0) is 27.7. The molecule has 1 fully saturated rings. The summed E-state index contributed by atoms with van der Waals surface area (Å²) in [4.78, 5) is 52.2. The second-order valence-corrected chi connectivity index (χ2v) is 9.90. The number of fused-ring (bicyclic) bond motifs is 1. The fourth-order valence-corrected chi connectivity index (χ4v) is 5.02. The van der Waals surface area contributed by atoms with Crippen LogP contribution in [0.1, 0.15) is 36.5 Å². The van der Waals surface area contributed by atoms with Gasteiger partial charge in [-0.2, -0.15) is 0 Å². The van der Waals surface area contributed by atoms with E-state index in [9.17, 15) is 19.2 Å². The highest BCUT2D eigenvalue weighted by molar-refractivity contribution is 5.97. The molecule has 1 atom stereocenters. The Bertz CT molecular complexity index is 1250. The van der Waals surface area contributed by atoms with Crippen LogP contribution in [0.5, 0.6) is 5.75 Å². The van der Waals surface area contributed by atoms with Gasteiger partial charge in [0.25, 0.3) is 5.91 Å². The first kappa shape index (κ1) is 27.8. The highest BCUT2D eigenvalue weighted by Gasteiger charge is 2.41. The summed E-state index contributed by atoms with van der Waals surface area (Å²) in [6.07, 6.45) is 5.78. The third kappa shape index (κ3) is 7.67. The molecule has 2 aliphatic rings. The standard InChI is InChI=1S/C29H35N5O5/c1-21(35)32-22-8-6-9-23(18-22)33-26(36)19-34-16-7-13-29(20-34)12-4-5-17-39-25-11-3-2-10-24(25)27(37)30-14-15-31-28(29)38/h2-6,8-11,18H,7,12-17,19-20H2,1H3,(H,30,37)(H,31,38)(H,32,35)(H,33,36). The van der Waals surface area contributed by atoms with Gasteiger partial charge in [-0.1, -0.05) is 30.4 Å². The Kier molecular flexibility index (Phi) is 9.32. The lowest BCUT2D eigenvalue weighted by atomic mass is 9.76. The van der Waals surface area contributed by atoms with Gasteiger partial charge in [-0.3, -0.25) is 24.1 Å². The molecule has 4 rings (SSSR count). The molecule has 39 heavy (non-hydrogen) atoms. The first-order valence-corrected chi connectivity index (χ1v) is 13.2. The van der Waals surface area contributed by atoms with Gasteiger partial charge in [0, 0.05) is 37.9 Å². The van der Waals surface area contributed by atoms with Crippen molar-refractivity contribution in [3.8, 4) is 5.75 Å². The van der Waals surface area contributed by atoms with Gasteiger partial charge in [-0.25, -0.2) is 0 Å². The minimum atomic E-state index is -0.702. The van der Waals surface area contributed by atoms with Crippen LogP contribution in [0.15, 0.2) is 60.7 Å². The van der Waals surface area contributed by atoms with Crippen LogP contribution in [0.25, 0.3) is 0 Å². The lowest BCUT2D eigenvalue weighted by Crippen LogP contribution is -2.53. The summed E-state index contributed by atoms with van der Waals surface area (Å²) < 4.78 is 5.83. The van der Waals surface area contributed by atoms with Crippen molar-refractivity contribution in [1.82, 2.24) is 15.5 Å². The van der Waals surface area contributed by atoms with Crippen LogP contribution in [0.3, 0.4) is 0 Å². The molecule has 4 N–H and O–H groups in total. The normalized spacial score (nSPS) is 20.5. The van der Waals surface area contributed by atoms with Gasteiger partial charge < -0.3 is 26.0 Å². The Labute approximate surface area is 228 Å². The Morgan fingerprint density at radius 3 is 2.59 bits per heavy atom. The summed E-state index contributed by atoms with van der Waals surface area (Å²) in [5.74, 6) is -0.223. The van der Waals surface area contributed by atoms with E-state index in [0.717, 1.165) is 6.42 Å². The van der Waals surface area contributed by atoms with E-state index in [1.165, 1.54) is 6.92 Å². The molecule has 0 aliphatic carbocycles. The van der Waals surface area contributed by atoms with E-state index in [4.69, 9.17) is 4.74 Å². The molecule has 10 heteroatoms. The van der Waals surface area contributed by atoms with Gasteiger partial charge in [0.2, 0.25) is 17.7 Å². The van der Waals surface area contributed by atoms with Crippen LogP contribution in [-0.2, 0) is 14.4 Å². The number of carbonyl (C=O) groups is 4. The number of benzene rings is 2. The van der Waals surface area contributed by atoms with Crippen LogP contribution in [-0.4, -0.2) is 67.9 Å². The van der Waals surface area contributed by atoms with Crippen molar-refractivity contribution < 1.29 is 23.9 Å². The smallest absolute Gasteiger partial charge is 0.255 e. The summed E-state index contributed by atoms with van der Waals surface area (Å²) in [7, 11) is 0. The van der Waals surface area contributed by atoms with E-state index in [0.29, 0.717) is 55.2 Å². The molecule has 1 saturated heterocycles. The maximum Gasteiger partial charge on any atom is 0.255 e. The van der Waals surface area contributed by atoms with Crippen LogP contribution in [0, 0.1) is 5.41 Å². The number of hydrogen-bond acceptors (Lipinski definition) is 6. The molecule has 1 spiro atoms. The number of nitrogens with zero attached hydrogens (tertiary/aromatic N) is 1. The summed E-state index contributed by atoms with van der Waals surface area (Å²) in [6, 6.07) is 14.0. The number of piperidine rings is 1. The zero-order valence-electron chi connectivity index (χ0n) is 22.1. The van der Waals surface area contributed by atoms with E-state index in [1.807, 2.05) is 23.1 Å². The minimum Gasteiger partial charge on any atom is -0.489 e. The van der Waals surface area contributed by atoms with Gasteiger partial charge in [0.15, 0.2) is 0 Å². The van der Waals surface area contributed by atoms with Crippen molar-refractivity contribution in [2.24, 2.45) is 5.41 Å². The number of nitrogens with one attached hydrogen (secondary N) is 4. The molecule has 4 amide bonds. The predicted octanol–water partition coefficient (Wildman–Crippen LogP) is 2.55. The number of amides is 4. The Morgan fingerprint density at radius 1 is 1.00 bits per heavy atom. The molecule has 2 aromatic carbocycles. The van der Waals surface area contributed by atoms with Crippen LogP contribution in [0.4, 0.5) is 11.4 Å². The molecule has 2 aliphatic heterocycles. The maximum absolute atomic E-state index is 13.4. The SMILES string of the molecule is CC(=O)Nc1cccc(NC(=O)CN2CCCC3(CC=CCOc4ccccc4C(=O)NCCNC3=O)C2)c1. The Balaban J connectivity index is 1.42. The van der Waals surface area contributed by atoms with Crippen molar-refractivity contribution in [2.75, 3.05) is 50.0 Å². The summed E-state index contributed by atoms with van der Waals surface area (Å²) in [5, 5.41) is 11.4. The second-order valence-electron chi connectivity index (χ2n) is 9.90. The number of anilines is 2. The van der Waals surface area contributed by atoms with Crippen molar-refractivity contribution in [3.05, 3.63) is 66.2 Å². The Morgan fingerprint density at radius 2 is 1.77 bits per heavy atom. The van der Waals surface area contributed by atoms with Gasteiger partial charge in [-0.05, 0) is 56.1 Å². The van der Waals surface area contributed by atoms with Crippen molar-refractivity contribution >= 4 is 35.0 Å². The van der Waals surface area contributed by atoms with Crippen LogP contribution >= 0.6 is 0 Å². The Hall–Kier alpha value is -4.18. The topological polar surface area (TPSA) is 129 Å². The number of allylic oxidation sites excluding steroid dienone is 1. The fraction of sp³-hybridized carbons (Fsp3) is 0.379. The first-order chi connectivity index (χ1) is 18.8. The summed E-state index contributed by atoms with van der Waals surface area (Å²) in [5.41, 5.74) is 0.935. The molecule has 206 valence electrons. The monoisotopic (exact) mass is 533 g/mol. The number of para-hydroxylation sites is 1. The van der Waals surface area contributed by atoms with E-state index < -0.39 is 5.41 Å². The minimum absolute atomic E-state index is 0.0899. The van der Waals surface area contributed by atoms with Crippen molar-refractivity contribution in [3.63, 3.8) is 0 Å². The van der Waals surface area contributed by atoms with Gasteiger partial charge in [0.05, 0.1) is 17.5 Å². The van der Waals surface area contributed by atoms with Gasteiger partial charge >= 0.3 is 0 Å². The number of ether oxygens (including phenoxy) is 1. The molecule has 2 heterocycles. The summed E-state index contributed by atoms with van der Waals surface area (Å²) in [6.45, 7) is 3.55. The fourth-order valence-electron chi connectivity index (χ4n) is 5.02. The van der Waals surface area contributed by atoms with Gasteiger partial charge in [-0.15, -0.1) is 0 Å². The number of hydrogen-bond donors (Lipinski definition) is 4. The van der Waals surface area contributed by atoms with Gasteiger partial charge in [0.1, 0.15) is 12.4 Å². The van der Waals surface area contributed by atoms with Crippen molar-refractivity contribution in [1.29, 1.82) is 0 Å². The molecule has 0 aromatic heterocycles. The molecule has 0 saturated carbocycles. The van der Waals surface area contributed by atoms with E-state index in [2.05, 4.69) is 21.3 Å². The lowest BCUT2D eigenvalue weighted by molar-refractivity contribution is -0.135. The number of carbonyl (C=O) groups excluding carboxylic acids is 4. The number of likely N-dealkylation sites (tertiary alicyclic amines) is 1. The third-order valence-corrected chi connectivity index (χ3v) is 6.81. The predicted molar refractivity (Wildman–Crippen MR) is 149 cm³/mol. The van der Waals surface area contributed by atoms with Crippen molar-refractivity contribution in [2.45, 2.75) is 26.2 Å². The van der Waals surface area contributed by atoms with Crippen LogP contribution < -0.4 is 26.0 Å². The molecule has 10 nitrogen and oxygen atoms in total. The average Bonchev–Trinajstić information content (AvgIpc) is 2.90. The molecular formula is C29H35N5O5. The highest BCUT2D eigenvalue weighted by atomic mass is 16.5. The second kappa shape index (κ2) is 13.1. The first-order valence-electron chi connectivity index (χ1n) is 13.2. The third-order valence-electron chi connectivity index (χ3n) is 6.81. The molecule has 2 aromatic rings. The lowest BCUT2D eigenvalue weighted by Gasteiger charge is -2.41. The van der Waals surface area contributed by atoms with E-state index >= 15 is 0 Å². The molecule has 1 unspecified atom stereocenters. The number of rotatable bonds is 4. The quantitative estimate of drug-likeness (QED) is 0.447. The molecule has 0 radical (unpaired) electrons. The zero-order valence-corrected chi connectivity index (χ0v) is 22.1. The maximum atomic E-state index is 13.4.